The largest absolute Gasteiger partial charge is 0.457 e. The predicted molar refractivity (Wildman–Crippen MR) is 92.7 cm³/mol. The van der Waals surface area contributed by atoms with Gasteiger partial charge in [0.25, 0.3) is 5.91 Å². The number of nitrogens with one attached hydrogen (secondary N) is 1. The zero-order valence-electron chi connectivity index (χ0n) is 13.0. The lowest BCUT2D eigenvalue weighted by Crippen LogP contribution is -2.50. The molecule has 1 aliphatic heterocycles. The lowest BCUT2D eigenvalue weighted by atomic mass is 9.71. The summed E-state index contributed by atoms with van der Waals surface area (Å²) in [6.07, 6.45) is 2.96. The van der Waals surface area contributed by atoms with Crippen LogP contribution in [0.5, 0.6) is 0 Å². The minimum Gasteiger partial charge on any atom is -0.457 e. The first-order valence-corrected chi connectivity index (χ1v) is 8.75. The molecule has 0 atom stereocenters. The van der Waals surface area contributed by atoms with Crippen molar-refractivity contribution >= 4 is 27.8 Å². The van der Waals surface area contributed by atoms with E-state index in [2.05, 4.69) is 33.4 Å². The lowest BCUT2D eigenvalue weighted by Gasteiger charge is -2.43. The summed E-state index contributed by atoms with van der Waals surface area (Å²) in [6.45, 7) is 0.242. The maximum absolute atomic E-state index is 12.7. The van der Waals surface area contributed by atoms with Gasteiger partial charge < -0.3 is 10.1 Å². The topological polar surface area (TPSA) is 55.4 Å². The Kier molecular flexibility index (Phi) is 3.68. The fourth-order valence-corrected chi connectivity index (χ4v) is 3.77. The normalized spacial score (nSPS) is 17.6. The molecule has 0 spiro atoms. The van der Waals surface area contributed by atoms with Crippen LogP contribution < -0.4 is 5.32 Å². The molecule has 4 rings (SSSR count). The molecule has 122 valence electrons. The van der Waals surface area contributed by atoms with Gasteiger partial charge in [-0.3, -0.25) is 4.79 Å². The van der Waals surface area contributed by atoms with E-state index in [0.717, 1.165) is 34.9 Å². The molecule has 2 aromatic carbocycles. The second kappa shape index (κ2) is 5.74. The first-order chi connectivity index (χ1) is 11.6. The number of amides is 1. The summed E-state index contributed by atoms with van der Waals surface area (Å²) >= 11 is 3.50. The quantitative estimate of drug-likeness (QED) is 0.814. The number of ether oxygens (including phenoxy) is 1. The van der Waals surface area contributed by atoms with Crippen LogP contribution in [0.25, 0.3) is 0 Å². The van der Waals surface area contributed by atoms with Crippen LogP contribution >= 0.6 is 15.9 Å². The molecule has 5 heteroatoms. The average Bonchev–Trinajstić information content (AvgIpc) is 2.91. The predicted octanol–water partition coefficient (Wildman–Crippen LogP) is 3.93. The number of carbonyl (C=O) groups excluding carboxylic acids is 2. The highest BCUT2D eigenvalue weighted by Gasteiger charge is 2.40. The molecule has 2 aromatic rings. The lowest BCUT2D eigenvalue weighted by molar-refractivity contribution is 0.0535. The smallest absolute Gasteiger partial charge is 0.338 e. The van der Waals surface area contributed by atoms with Gasteiger partial charge in [0, 0.05) is 15.6 Å². The molecule has 0 unspecified atom stereocenters. The summed E-state index contributed by atoms with van der Waals surface area (Å²) in [4.78, 5) is 24.3. The van der Waals surface area contributed by atoms with Crippen molar-refractivity contribution in [3.05, 3.63) is 69.2 Å². The Balaban J connectivity index is 1.60. The molecule has 0 aromatic heterocycles. The van der Waals surface area contributed by atoms with Crippen molar-refractivity contribution in [1.82, 2.24) is 5.32 Å². The average molecular weight is 386 g/mol. The number of halogens is 1. The molecule has 0 radical (unpaired) electrons. The molecule has 1 N–H and O–H groups in total. The third-order valence-electron chi connectivity index (χ3n) is 4.88. The number of hydrogen-bond donors (Lipinski definition) is 1. The number of fused-ring (bicyclic) bond motifs is 1. The summed E-state index contributed by atoms with van der Waals surface area (Å²) in [5.41, 5.74) is 2.71. The van der Waals surface area contributed by atoms with Gasteiger partial charge in [0.15, 0.2) is 0 Å². The fourth-order valence-electron chi connectivity index (χ4n) is 3.37. The van der Waals surface area contributed by atoms with Gasteiger partial charge in [0.2, 0.25) is 0 Å². The highest BCUT2D eigenvalue weighted by molar-refractivity contribution is 9.10. The Labute approximate surface area is 148 Å². The standard InChI is InChI=1S/C19H16BrNO3/c20-15-4-1-3-14(10-15)19(7-2-8-19)21-17(22)12-5-6-16-13(9-12)11-24-18(16)23/h1,3-6,9-10H,2,7-8,11H2,(H,21,22). The molecule has 1 amide bonds. The minimum absolute atomic E-state index is 0.114. The monoisotopic (exact) mass is 385 g/mol. The minimum atomic E-state index is -0.318. The van der Waals surface area contributed by atoms with Gasteiger partial charge in [-0.25, -0.2) is 4.79 Å². The fraction of sp³-hybridized carbons (Fsp3) is 0.263. The van der Waals surface area contributed by atoms with Crippen molar-refractivity contribution < 1.29 is 14.3 Å². The third-order valence-corrected chi connectivity index (χ3v) is 5.38. The second-order valence-corrected chi connectivity index (χ2v) is 7.26. The zero-order valence-corrected chi connectivity index (χ0v) is 14.6. The van der Waals surface area contributed by atoms with Crippen LogP contribution in [0.1, 0.15) is 51.1 Å². The van der Waals surface area contributed by atoms with E-state index in [0.29, 0.717) is 11.1 Å². The molecular formula is C19H16BrNO3. The molecule has 1 heterocycles. The van der Waals surface area contributed by atoms with Crippen molar-refractivity contribution in [2.75, 3.05) is 0 Å². The van der Waals surface area contributed by atoms with Crippen LogP contribution in [0.2, 0.25) is 0 Å². The number of benzene rings is 2. The molecule has 1 aliphatic carbocycles. The Hall–Kier alpha value is -2.14. The van der Waals surface area contributed by atoms with Crippen LogP contribution in [-0.4, -0.2) is 11.9 Å². The second-order valence-electron chi connectivity index (χ2n) is 6.35. The summed E-state index contributed by atoms with van der Waals surface area (Å²) in [6, 6.07) is 13.2. The third kappa shape index (κ3) is 2.53. The number of cyclic esters (lactones) is 1. The van der Waals surface area contributed by atoms with Gasteiger partial charge in [-0.2, -0.15) is 0 Å². The summed E-state index contributed by atoms with van der Waals surface area (Å²) in [7, 11) is 0. The first kappa shape index (κ1) is 15.4. The Bertz CT molecular complexity index is 842. The number of esters is 1. The van der Waals surface area contributed by atoms with E-state index in [1.54, 1.807) is 18.2 Å². The highest BCUT2D eigenvalue weighted by Crippen LogP contribution is 2.42. The number of carbonyl (C=O) groups is 2. The van der Waals surface area contributed by atoms with E-state index in [1.165, 1.54) is 0 Å². The molecule has 24 heavy (non-hydrogen) atoms. The molecular weight excluding hydrogens is 370 g/mol. The summed E-state index contributed by atoms with van der Waals surface area (Å²) < 4.78 is 6.01. The number of hydrogen-bond acceptors (Lipinski definition) is 3. The van der Waals surface area contributed by atoms with Crippen LogP contribution in [0.4, 0.5) is 0 Å². The van der Waals surface area contributed by atoms with Gasteiger partial charge in [-0.1, -0.05) is 28.1 Å². The van der Waals surface area contributed by atoms with Crippen LogP contribution in [-0.2, 0) is 16.9 Å². The molecule has 2 aliphatic rings. The molecule has 1 saturated carbocycles. The molecule has 0 bridgehead atoms. The van der Waals surface area contributed by atoms with Crippen LogP contribution in [0, 0.1) is 0 Å². The van der Waals surface area contributed by atoms with E-state index in [9.17, 15) is 9.59 Å². The van der Waals surface area contributed by atoms with Crippen molar-refractivity contribution in [3.63, 3.8) is 0 Å². The SMILES string of the molecule is O=C(NC1(c2cccc(Br)c2)CCC1)c1ccc2c(c1)COC2=O. The van der Waals surface area contributed by atoms with E-state index >= 15 is 0 Å². The van der Waals surface area contributed by atoms with Gasteiger partial charge >= 0.3 is 5.97 Å². The Morgan fingerprint density at radius 1 is 1.17 bits per heavy atom. The summed E-state index contributed by atoms with van der Waals surface area (Å²) in [5, 5.41) is 3.21. The van der Waals surface area contributed by atoms with Gasteiger partial charge in [0.1, 0.15) is 6.61 Å². The summed E-state index contributed by atoms with van der Waals surface area (Å²) in [5.74, 6) is -0.432. The highest BCUT2D eigenvalue weighted by atomic mass is 79.9. The Morgan fingerprint density at radius 3 is 2.71 bits per heavy atom. The maximum atomic E-state index is 12.7. The first-order valence-electron chi connectivity index (χ1n) is 7.96. The van der Waals surface area contributed by atoms with Gasteiger partial charge in [-0.15, -0.1) is 0 Å². The Morgan fingerprint density at radius 2 is 2.00 bits per heavy atom. The van der Waals surface area contributed by atoms with E-state index in [-0.39, 0.29) is 24.0 Å². The van der Waals surface area contributed by atoms with Crippen LogP contribution in [0.3, 0.4) is 0 Å². The van der Waals surface area contributed by atoms with E-state index in [4.69, 9.17) is 4.74 Å². The molecule has 0 saturated heterocycles. The van der Waals surface area contributed by atoms with Crippen molar-refractivity contribution in [2.24, 2.45) is 0 Å². The van der Waals surface area contributed by atoms with E-state index in [1.807, 2.05) is 12.1 Å². The molecule has 4 nitrogen and oxygen atoms in total. The van der Waals surface area contributed by atoms with Crippen molar-refractivity contribution in [1.29, 1.82) is 0 Å². The van der Waals surface area contributed by atoms with Gasteiger partial charge in [-0.05, 0) is 55.2 Å². The van der Waals surface area contributed by atoms with Crippen molar-refractivity contribution in [2.45, 2.75) is 31.4 Å². The van der Waals surface area contributed by atoms with Gasteiger partial charge in [0.05, 0.1) is 11.1 Å². The van der Waals surface area contributed by atoms with Crippen LogP contribution in [0.15, 0.2) is 46.9 Å². The van der Waals surface area contributed by atoms with E-state index < -0.39 is 0 Å². The zero-order chi connectivity index (χ0) is 16.7. The molecule has 1 fully saturated rings. The maximum Gasteiger partial charge on any atom is 0.338 e. The number of rotatable bonds is 3. The van der Waals surface area contributed by atoms with Crippen molar-refractivity contribution in [3.8, 4) is 0 Å².